The van der Waals surface area contributed by atoms with Gasteiger partial charge in [-0.2, -0.15) is 0 Å². The predicted octanol–water partition coefficient (Wildman–Crippen LogP) is 3.53. The second kappa shape index (κ2) is 5.89. The number of halogens is 2. The van der Waals surface area contributed by atoms with Gasteiger partial charge in [-0.1, -0.05) is 36.7 Å². The van der Waals surface area contributed by atoms with Gasteiger partial charge < -0.3 is 5.32 Å². The molecule has 0 unspecified atom stereocenters. The molecule has 1 aromatic rings. The molecule has 0 aliphatic carbocycles. The van der Waals surface area contributed by atoms with Crippen molar-refractivity contribution in [2.24, 2.45) is 0 Å². The molecule has 1 N–H and O–H groups in total. The van der Waals surface area contributed by atoms with E-state index in [1.807, 2.05) is 0 Å². The van der Waals surface area contributed by atoms with Gasteiger partial charge in [-0.05, 0) is 24.1 Å². The molecular weight excluding hydrogens is 213 g/mol. The Kier molecular flexibility index (Phi) is 4.79. The minimum atomic E-state index is -0.376. The molecule has 0 aliphatic rings. The predicted molar refractivity (Wildman–Crippen MR) is 62.5 cm³/mol. The summed E-state index contributed by atoms with van der Waals surface area (Å²) in [5.41, 5.74) is 2.13. The highest BCUT2D eigenvalue weighted by Crippen LogP contribution is 2.15. The number of rotatable bonds is 5. The summed E-state index contributed by atoms with van der Waals surface area (Å²) >= 11 is 5.66. The van der Waals surface area contributed by atoms with Crippen LogP contribution in [0.2, 0.25) is 5.02 Å². The van der Waals surface area contributed by atoms with Crippen molar-refractivity contribution in [3.8, 4) is 0 Å². The fourth-order valence-corrected chi connectivity index (χ4v) is 1.36. The molecule has 1 nitrogen and oxygen atoms in total. The standard InChI is InChI=1S/C12H15ClFN/c1-3-9(2)7-15-8-10-4-5-12(14)11(13)6-10/h4-6,15H,2-3,7-8H2,1H3. The SMILES string of the molecule is C=C(CC)CNCc1ccc(F)c(Cl)c1. The maximum Gasteiger partial charge on any atom is 0.141 e. The molecule has 0 atom stereocenters. The van der Waals surface area contributed by atoms with Gasteiger partial charge in [0.2, 0.25) is 0 Å². The highest BCUT2D eigenvalue weighted by Gasteiger charge is 2.00. The fourth-order valence-electron chi connectivity index (χ4n) is 1.16. The van der Waals surface area contributed by atoms with Gasteiger partial charge >= 0.3 is 0 Å². The summed E-state index contributed by atoms with van der Waals surface area (Å²) < 4.78 is 12.8. The van der Waals surface area contributed by atoms with Crippen molar-refractivity contribution >= 4 is 11.6 Å². The van der Waals surface area contributed by atoms with Crippen LogP contribution < -0.4 is 5.32 Å². The van der Waals surface area contributed by atoms with Gasteiger partial charge in [-0.25, -0.2) is 4.39 Å². The molecule has 15 heavy (non-hydrogen) atoms. The Labute approximate surface area is 95.0 Å². The average Bonchev–Trinajstić information content (AvgIpc) is 2.23. The minimum absolute atomic E-state index is 0.170. The summed E-state index contributed by atoms with van der Waals surface area (Å²) in [5, 5.41) is 3.39. The number of nitrogens with one attached hydrogen (secondary N) is 1. The summed E-state index contributed by atoms with van der Waals surface area (Å²) in [5.74, 6) is -0.376. The summed E-state index contributed by atoms with van der Waals surface area (Å²) in [4.78, 5) is 0. The summed E-state index contributed by atoms with van der Waals surface area (Å²) in [7, 11) is 0. The van der Waals surface area contributed by atoms with E-state index in [2.05, 4.69) is 18.8 Å². The zero-order valence-electron chi connectivity index (χ0n) is 8.82. The van der Waals surface area contributed by atoms with Gasteiger partial charge in [-0.3, -0.25) is 0 Å². The molecule has 0 amide bonds. The van der Waals surface area contributed by atoms with Crippen LogP contribution in [0.25, 0.3) is 0 Å². The molecule has 82 valence electrons. The highest BCUT2D eigenvalue weighted by atomic mass is 35.5. The molecule has 0 aromatic heterocycles. The van der Waals surface area contributed by atoms with Crippen molar-refractivity contribution in [1.82, 2.24) is 5.32 Å². The van der Waals surface area contributed by atoms with E-state index < -0.39 is 0 Å². The third kappa shape index (κ3) is 4.02. The fraction of sp³-hybridized carbons (Fsp3) is 0.333. The van der Waals surface area contributed by atoms with Gasteiger partial charge in [0.15, 0.2) is 0 Å². The van der Waals surface area contributed by atoms with Crippen LogP contribution in [-0.2, 0) is 6.54 Å². The second-order valence-electron chi connectivity index (χ2n) is 3.46. The average molecular weight is 228 g/mol. The Morgan fingerprint density at radius 3 is 2.87 bits per heavy atom. The van der Waals surface area contributed by atoms with Crippen molar-refractivity contribution < 1.29 is 4.39 Å². The van der Waals surface area contributed by atoms with Gasteiger partial charge in [0.25, 0.3) is 0 Å². The molecule has 0 saturated carbocycles. The van der Waals surface area contributed by atoms with E-state index in [0.717, 1.165) is 24.1 Å². The lowest BCUT2D eigenvalue weighted by Crippen LogP contribution is -2.15. The smallest absolute Gasteiger partial charge is 0.141 e. The molecule has 0 aliphatic heterocycles. The Hall–Kier alpha value is -0.860. The van der Waals surface area contributed by atoms with Crippen LogP contribution in [0.4, 0.5) is 4.39 Å². The first-order valence-corrected chi connectivity index (χ1v) is 5.32. The maximum atomic E-state index is 12.8. The van der Waals surface area contributed by atoms with Crippen LogP contribution in [0.1, 0.15) is 18.9 Å². The monoisotopic (exact) mass is 227 g/mol. The van der Waals surface area contributed by atoms with Crippen LogP contribution in [0, 0.1) is 5.82 Å². The minimum Gasteiger partial charge on any atom is -0.309 e. The summed E-state index contributed by atoms with van der Waals surface area (Å²) in [6.07, 6.45) is 0.969. The first-order chi connectivity index (χ1) is 7.13. The Morgan fingerprint density at radius 1 is 1.53 bits per heavy atom. The molecule has 0 saturated heterocycles. The first kappa shape index (κ1) is 12.2. The van der Waals surface area contributed by atoms with Gasteiger partial charge in [0, 0.05) is 13.1 Å². The molecule has 0 bridgehead atoms. The Balaban J connectivity index is 2.44. The largest absolute Gasteiger partial charge is 0.309 e. The van der Waals surface area contributed by atoms with Gasteiger partial charge in [-0.15, -0.1) is 0 Å². The third-order valence-electron chi connectivity index (χ3n) is 2.19. The number of hydrogen-bond donors (Lipinski definition) is 1. The number of benzene rings is 1. The topological polar surface area (TPSA) is 12.0 Å². The van der Waals surface area contributed by atoms with E-state index in [1.54, 1.807) is 12.1 Å². The van der Waals surface area contributed by atoms with Gasteiger partial charge in [0.05, 0.1) is 5.02 Å². The van der Waals surface area contributed by atoms with Crippen LogP contribution in [0.5, 0.6) is 0 Å². The third-order valence-corrected chi connectivity index (χ3v) is 2.48. The Morgan fingerprint density at radius 2 is 2.27 bits per heavy atom. The van der Waals surface area contributed by atoms with Crippen molar-refractivity contribution in [2.75, 3.05) is 6.54 Å². The zero-order chi connectivity index (χ0) is 11.3. The van der Waals surface area contributed by atoms with Crippen LogP contribution in [0.3, 0.4) is 0 Å². The van der Waals surface area contributed by atoms with E-state index in [4.69, 9.17) is 11.6 Å². The van der Waals surface area contributed by atoms with E-state index in [-0.39, 0.29) is 10.8 Å². The lowest BCUT2D eigenvalue weighted by molar-refractivity contribution is 0.626. The van der Waals surface area contributed by atoms with E-state index >= 15 is 0 Å². The van der Waals surface area contributed by atoms with Crippen molar-refractivity contribution in [2.45, 2.75) is 19.9 Å². The Bertz CT molecular complexity index is 349. The molecular formula is C12H15ClFN. The molecule has 0 radical (unpaired) electrons. The van der Waals surface area contributed by atoms with Gasteiger partial charge in [0.1, 0.15) is 5.82 Å². The van der Waals surface area contributed by atoms with Crippen molar-refractivity contribution in [1.29, 1.82) is 0 Å². The highest BCUT2D eigenvalue weighted by molar-refractivity contribution is 6.30. The molecule has 0 heterocycles. The van der Waals surface area contributed by atoms with Crippen LogP contribution in [0.15, 0.2) is 30.4 Å². The zero-order valence-corrected chi connectivity index (χ0v) is 9.57. The lowest BCUT2D eigenvalue weighted by atomic mass is 10.2. The van der Waals surface area contributed by atoms with Crippen molar-refractivity contribution in [3.05, 3.63) is 46.8 Å². The van der Waals surface area contributed by atoms with E-state index in [0.29, 0.717) is 6.54 Å². The summed E-state index contributed by atoms with van der Waals surface area (Å²) in [6.45, 7) is 7.42. The van der Waals surface area contributed by atoms with Crippen LogP contribution >= 0.6 is 11.6 Å². The molecule has 1 rings (SSSR count). The molecule has 1 aromatic carbocycles. The second-order valence-corrected chi connectivity index (χ2v) is 3.86. The quantitative estimate of drug-likeness (QED) is 0.759. The number of hydrogen-bond acceptors (Lipinski definition) is 1. The van der Waals surface area contributed by atoms with E-state index in [1.165, 1.54) is 6.07 Å². The summed E-state index contributed by atoms with van der Waals surface area (Å²) in [6, 6.07) is 4.75. The normalized spacial score (nSPS) is 10.3. The molecule has 0 spiro atoms. The maximum absolute atomic E-state index is 12.8. The van der Waals surface area contributed by atoms with Crippen LogP contribution in [-0.4, -0.2) is 6.54 Å². The first-order valence-electron chi connectivity index (χ1n) is 4.94. The molecule has 3 heteroatoms. The van der Waals surface area contributed by atoms with E-state index in [9.17, 15) is 4.39 Å². The van der Waals surface area contributed by atoms with Crippen molar-refractivity contribution in [3.63, 3.8) is 0 Å². The lowest BCUT2D eigenvalue weighted by Gasteiger charge is -2.06. The molecule has 0 fully saturated rings.